The summed E-state index contributed by atoms with van der Waals surface area (Å²) in [5.41, 5.74) is 4.85. The number of hydrogen-bond donors (Lipinski definition) is 1. The standard InChI is InChI=1S/C24H29FN2O/c1-4-24(27(2)3,17-9-11-18(25)12-10-17)15-13-22-23-20(14-16-28-22)19-7-5-6-8-21(19)26-23/h5-12,22,26H,4,13-16H2,1-3H3. The van der Waals surface area contributed by atoms with Gasteiger partial charge in [0.1, 0.15) is 5.82 Å². The molecule has 0 amide bonds. The Kier molecular flexibility index (Phi) is 5.26. The lowest BCUT2D eigenvalue weighted by Crippen LogP contribution is -2.41. The largest absolute Gasteiger partial charge is 0.372 e. The smallest absolute Gasteiger partial charge is 0.123 e. The average Bonchev–Trinajstić information content (AvgIpc) is 3.09. The predicted molar refractivity (Wildman–Crippen MR) is 112 cm³/mol. The maximum atomic E-state index is 13.5. The molecule has 0 saturated carbocycles. The highest BCUT2D eigenvalue weighted by atomic mass is 19.1. The van der Waals surface area contributed by atoms with Gasteiger partial charge in [0, 0.05) is 22.1 Å². The van der Waals surface area contributed by atoms with Gasteiger partial charge in [-0.3, -0.25) is 4.90 Å². The second-order valence-corrected chi connectivity index (χ2v) is 8.00. The molecule has 0 radical (unpaired) electrons. The molecule has 1 N–H and O–H groups in total. The zero-order valence-electron chi connectivity index (χ0n) is 17.0. The third-order valence-electron chi connectivity index (χ3n) is 6.48. The van der Waals surface area contributed by atoms with Crippen molar-refractivity contribution in [1.29, 1.82) is 0 Å². The predicted octanol–water partition coefficient (Wildman–Crippen LogP) is 5.57. The van der Waals surface area contributed by atoms with Gasteiger partial charge in [0.2, 0.25) is 0 Å². The van der Waals surface area contributed by atoms with Gasteiger partial charge in [-0.2, -0.15) is 0 Å². The van der Waals surface area contributed by atoms with Gasteiger partial charge in [-0.1, -0.05) is 37.3 Å². The number of para-hydroxylation sites is 1. The van der Waals surface area contributed by atoms with Crippen molar-refractivity contribution in [2.75, 3.05) is 20.7 Å². The van der Waals surface area contributed by atoms with Crippen molar-refractivity contribution in [3.8, 4) is 0 Å². The summed E-state index contributed by atoms with van der Waals surface area (Å²) in [6.45, 7) is 2.97. The van der Waals surface area contributed by atoms with E-state index in [0.29, 0.717) is 0 Å². The number of benzene rings is 2. The molecule has 2 aromatic carbocycles. The van der Waals surface area contributed by atoms with Crippen LogP contribution in [0.1, 0.15) is 49.1 Å². The van der Waals surface area contributed by atoms with Crippen LogP contribution in [0.2, 0.25) is 0 Å². The van der Waals surface area contributed by atoms with Gasteiger partial charge in [-0.15, -0.1) is 0 Å². The normalized spacial score (nSPS) is 19.0. The lowest BCUT2D eigenvalue weighted by Gasteiger charge is -2.41. The van der Waals surface area contributed by atoms with E-state index in [1.165, 1.54) is 22.2 Å². The molecule has 2 heterocycles. The minimum Gasteiger partial charge on any atom is -0.372 e. The zero-order chi connectivity index (χ0) is 19.7. The fourth-order valence-electron chi connectivity index (χ4n) is 4.83. The van der Waals surface area contributed by atoms with Crippen molar-refractivity contribution in [1.82, 2.24) is 9.88 Å². The van der Waals surface area contributed by atoms with Crippen LogP contribution in [0.25, 0.3) is 10.9 Å². The highest BCUT2D eigenvalue weighted by molar-refractivity contribution is 5.85. The number of ether oxygens (including phenoxy) is 1. The van der Waals surface area contributed by atoms with E-state index in [0.717, 1.165) is 37.9 Å². The molecule has 148 valence electrons. The summed E-state index contributed by atoms with van der Waals surface area (Å²) in [4.78, 5) is 5.88. The number of H-pyrrole nitrogens is 1. The van der Waals surface area contributed by atoms with E-state index >= 15 is 0 Å². The van der Waals surface area contributed by atoms with Crippen molar-refractivity contribution in [3.63, 3.8) is 0 Å². The summed E-state index contributed by atoms with van der Waals surface area (Å²) in [6.07, 6.45) is 3.85. The van der Waals surface area contributed by atoms with Crippen LogP contribution in [0, 0.1) is 5.82 Å². The SMILES string of the molecule is CCC(CCC1OCCc2c1[nH]c1ccccc21)(c1ccc(F)cc1)N(C)C. The number of aromatic amines is 1. The molecule has 28 heavy (non-hydrogen) atoms. The highest BCUT2D eigenvalue weighted by Gasteiger charge is 2.35. The third kappa shape index (κ3) is 3.25. The minimum atomic E-state index is -0.189. The van der Waals surface area contributed by atoms with E-state index in [4.69, 9.17) is 4.74 Å². The summed E-state index contributed by atoms with van der Waals surface area (Å²) in [5.74, 6) is -0.189. The number of halogens is 1. The molecular formula is C24H29FN2O. The van der Waals surface area contributed by atoms with Crippen molar-refractivity contribution >= 4 is 10.9 Å². The van der Waals surface area contributed by atoms with Crippen molar-refractivity contribution in [3.05, 3.63) is 71.2 Å². The van der Waals surface area contributed by atoms with Gasteiger partial charge in [-0.25, -0.2) is 4.39 Å². The molecule has 3 aromatic rings. The Morgan fingerprint density at radius 1 is 1.14 bits per heavy atom. The van der Waals surface area contributed by atoms with Crippen LogP contribution < -0.4 is 0 Å². The molecule has 4 rings (SSSR count). The van der Waals surface area contributed by atoms with Crippen LogP contribution in [-0.2, 0) is 16.7 Å². The first-order valence-electron chi connectivity index (χ1n) is 10.2. The summed E-state index contributed by atoms with van der Waals surface area (Å²) in [7, 11) is 4.23. The Bertz CT molecular complexity index is 947. The molecule has 0 bridgehead atoms. The van der Waals surface area contributed by atoms with Gasteiger partial charge in [0.05, 0.1) is 12.7 Å². The molecule has 3 nitrogen and oxygen atoms in total. The maximum absolute atomic E-state index is 13.5. The molecule has 4 heteroatoms. The topological polar surface area (TPSA) is 28.3 Å². The van der Waals surface area contributed by atoms with E-state index in [-0.39, 0.29) is 17.5 Å². The number of aromatic nitrogens is 1. The molecule has 0 spiro atoms. The van der Waals surface area contributed by atoms with Gasteiger partial charge in [0.15, 0.2) is 0 Å². The van der Waals surface area contributed by atoms with E-state index in [9.17, 15) is 4.39 Å². The number of fused-ring (bicyclic) bond motifs is 3. The quantitative estimate of drug-likeness (QED) is 0.606. The first-order chi connectivity index (χ1) is 13.5. The van der Waals surface area contributed by atoms with E-state index < -0.39 is 0 Å². The van der Waals surface area contributed by atoms with Crippen LogP contribution in [0.5, 0.6) is 0 Å². The second-order valence-electron chi connectivity index (χ2n) is 8.00. The van der Waals surface area contributed by atoms with Crippen LogP contribution >= 0.6 is 0 Å². The van der Waals surface area contributed by atoms with Crippen LogP contribution in [0.4, 0.5) is 4.39 Å². The van der Waals surface area contributed by atoms with Crippen LogP contribution in [-0.4, -0.2) is 30.6 Å². The van der Waals surface area contributed by atoms with Crippen LogP contribution in [0.15, 0.2) is 48.5 Å². The van der Waals surface area contributed by atoms with Gasteiger partial charge >= 0.3 is 0 Å². The fraction of sp³-hybridized carbons (Fsp3) is 0.417. The Labute approximate surface area is 166 Å². The highest BCUT2D eigenvalue weighted by Crippen LogP contribution is 2.41. The zero-order valence-corrected chi connectivity index (χ0v) is 17.0. The van der Waals surface area contributed by atoms with Crippen molar-refractivity contribution in [2.24, 2.45) is 0 Å². The van der Waals surface area contributed by atoms with Gasteiger partial charge in [0.25, 0.3) is 0 Å². The lowest BCUT2D eigenvalue weighted by molar-refractivity contribution is 0.0167. The lowest BCUT2D eigenvalue weighted by atomic mass is 9.80. The third-order valence-corrected chi connectivity index (χ3v) is 6.48. The summed E-state index contributed by atoms with van der Waals surface area (Å²) >= 11 is 0. The monoisotopic (exact) mass is 380 g/mol. The number of nitrogens with one attached hydrogen (secondary N) is 1. The maximum Gasteiger partial charge on any atom is 0.123 e. The van der Waals surface area contributed by atoms with E-state index in [1.807, 2.05) is 12.1 Å². The molecule has 1 aliphatic heterocycles. The first-order valence-corrected chi connectivity index (χ1v) is 10.2. The average molecular weight is 381 g/mol. The molecule has 1 aromatic heterocycles. The number of hydrogen-bond acceptors (Lipinski definition) is 2. The summed E-state index contributed by atoms with van der Waals surface area (Å²) in [6, 6.07) is 15.5. The Hall–Kier alpha value is -2.17. The molecule has 2 atom stereocenters. The molecular weight excluding hydrogens is 351 g/mol. The molecule has 0 aliphatic carbocycles. The molecule has 1 aliphatic rings. The van der Waals surface area contributed by atoms with Gasteiger partial charge < -0.3 is 9.72 Å². The summed E-state index contributed by atoms with van der Waals surface area (Å²) in [5, 5.41) is 1.32. The Balaban J connectivity index is 1.63. The molecule has 2 unspecified atom stereocenters. The number of nitrogens with zero attached hydrogens (tertiary/aromatic N) is 1. The van der Waals surface area contributed by atoms with E-state index in [1.54, 1.807) is 12.1 Å². The first kappa shape index (κ1) is 19.2. The van der Waals surface area contributed by atoms with Crippen molar-refractivity contribution < 1.29 is 9.13 Å². The van der Waals surface area contributed by atoms with Crippen LogP contribution in [0.3, 0.4) is 0 Å². The minimum absolute atomic E-state index is 0.0717. The molecule has 0 saturated heterocycles. The summed E-state index contributed by atoms with van der Waals surface area (Å²) < 4.78 is 19.7. The fourth-order valence-corrected chi connectivity index (χ4v) is 4.83. The van der Waals surface area contributed by atoms with Crippen molar-refractivity contribution in [2.45, 2.75) is 44.2 Å². The number of rotatable bonds is 6. The second kappa shape index (κ2) is 7.69. The Morgan fingerprint density at radius 2 is 1.89 bits per heavy atom. The van der Waals surface area contributed by atoms with Gasteiger partial charge in [-0.05, 0) is 69.1 Å². The molecule has 0 fully saturated rings. The Morgan fingerprint density at radius 3 is 2.61 bits per heavy atom. The van der Waals surface area contributed by atoms with E-state index in [2.05, 4.69) is 55.2 Å².